The third-order valence-corrected chi connectivity index (χ3v) is 5.86. The van der Waals surface area contributed by atoms with Crippen LogP contribution in [0.25, 0.3) is 0 Å². The molecule has 0 amide bonds. The first kappa shape index (κ1) is 20.5. The maximum atomic E-state index is 12.8. The second-order valence-corrected chi connectivity index (χ2v) is 8.42. The first-order valence-corrected chi connectivity index (χ1v) is 10.4. The second kappa shape index (κ2) is 8.00. The number of anilines is 2. The van der Waals surface area contributed by atoms with Crippen LogP contribution in [-0.2, 0) is 26.7 Å². The zero-order chi connectivity index (χ0) is 20.4. The molecule has 0 bridgehead atoms. The van der Waals surface area contributed by atoms with Gasteiger partial charge in [0.1, 0.15) is 0 Å². The summed E-state index contributed by atoms with van der Waals surface area (Å²) in [5.41, 5.74) is 0.518. The molecule has 1 saturated heterocycles. The van der Waals surface area contributed by atoms with Crippen molar-refractivity contribution in [1.82, 2.24) is 0 Å². The van der Waals surface area contributed by atoms with Crippen molar-refractivity contribution in [2.75, 3.05) is 29.8 Å². The predicted molar refractivity (Wildman–Crippen MR) is 102 cm³/mol. The number of methoxy groups -OCH3 is 1. The molecule has 0 spiro atoms. The maximum Gasteiger partial charge on any atom is 0.416 e. The molecule has 28 heavy (non-hydrogen) atoms. The van der Waals surface area contributed by atoms with E-state index < -0.39 is 27.5 Å². The second-order valence-electron chi connectivity index (χ2n) is 6.70. The normalized spacial score (nSPS) is 17.7. The van der Waals surface area contributed by atoms with E-state index in [-0.39, 0.29) is 11.7 Å². The van der Waals surface area contributed by atoms with Crippen LogP contribution in [0.4, 0.5) is 24.5 Å². The molecule has 0 radical (unpaired) electrons. The summed E-state index contributed by atoms with van der Waals surface area (Å²) in [6.45, 7) is 1.64. The minimum atomic E-state index is -4.51. The fourth-order valence-corrected chi connectivity index (χ4v) is 4.35. The minimum absolute atomic E-state index is 0.0709. The van der Waals surface area contributed by atoms with E-state index in [4.69, 9.17) is 4.74 Å². The molecule has 1 aliphatic rings. The number of ether oxygens (including phenoxy) is 1. The summed E-state index contributed by atoms with van der Waals surface area (Å²) < 4.78 is 70.8. The molecule has 152 valence electrons. The van der Waals surface area contributed by atoms with E-state index in [1.165, 1.54) is 12.1 Å². The number of hydrogen-bond acceptors (Lipinski definition) is 4. The third kappa shape index (κ3) is 5.17. The summed E-state index contributed by atoms with van der Waals surface area (Å²) in [6, 6.07) is 11.2. The lowest BCUT2D eigenvalue weighted by Gasteiger charge is -2.19. The molecule has 2 aromatic rings. The van der Waals surface area contributed by atoms with Gasteiger partial charge in [0.2, 0.25) is 10.0 Å². The summed E-state index contributed by atoms with van der Waals surface area (Å²) in [7, 11) is -2.17. The Balaban J connectivity index is 1.66. The molecule has 0 aromatic heterocycles. The number of benzene rings is 2. The van der Waals surface area contributed by atoms with Crippen LogP contribution < -0.4 is 9.62 Å². The molecule has 9 heteroatoms. The Labute approximate surface area is 162 Å². The zero-order valence-corrected chi connectivity index (χ0v) is 16.1. The largest absolute Gasteiger partial charge is 0.416 e. The highest BCUT2D eigenvalue weighted by Crippen LogP contribution is 2.30. The van der Waals surface area contributed by atoms with Gasteiger partial charge < -0.3 is 9.64 Å². The molecule has 0 saturated carbocycles. The number of nitrogens with one attached hydrogen (secondary N) is 1. The van der Waals surface area contributed by atoms with Crippen molar-refractivity contribution >= 4 is 21.4 Å². The molecule has 1 fully saturated rings. The van der Waals surface area contributed by atoms with Gasteiger partial charge in [-0.2, -0.15) is 13.2 Å². The lowest BCUT2D eigenvalue weighted by atomic mass is 10.1. The number of halogens is 3. The molecule has 3 rings (SSSR count). The standard InChI is InChI=1S/C19H21F3N2O3S/c1-27-18-9-10-24(12-18)17-7-5-16(6-8-17)23-28(25,26)13-14-3-2-4-15(11-14)19(20,21)22/h2-8,11,18,23H,9-10,12-13H2,1H3. The summed E-state index contributed by atoms with van der Waals surface area (Å²) in [6.07, 6.45) is -3.40. The van der Waals surface area contributed by atoms with Crippen LogP contribution >= 0.6 is 0 Å². The number of rotatable bonds is 6. The predicted octanol–water partition coefficient (Wildman–Crippen LogP) is 3.87. The number of alkyl halides is 3. The van der Waals surface area contributed by atoms with Crippen molar-refractivity contribution in [2.24, 2.45) is 0 Å². The Morgan fingerprint density at radius 2 is 1.89 bits per heavy atom. The Morgan fingerprint density at radius 1 is 1.18 bits per heavy atom. The average molecular weight is 414 g/mol. The van der Waals surface area contributed by atoms with E-state index in [0.717, 1.165) is 37.3 Å². The maximum absolute atomic E-state index is 12.8. The van der Waals surface area contributed by atoms with E-state index in [1.54, 1.807) is 31.4 Å². The molecular formula is C19H21F3N2O3S. The molecular weight excluding hydrogens is 393 g/mol. The van der Waals surface area contributed by atoms with Crippen molar-refractivity contribution in [1.29, 1.82) is 0 Å². The lowest BCUT2D eigenvalue weighted by Crippen LogP contribution is -2.22. The molecule has 1 aliphatic heterocycles. The molecule has 5 nitrogen and oxygen atoms in total. The monoisotopic (exact) mass is 414 g/mol. The Kier molecular flexibility index (Phi) is 5.85. The lowest BCUT2D eigenvalue weighted by molar-refractivity contribution is -0.137. The molecule has 1 atom stereocenters. The Hall–Kier alpha value is -2.26. The average Bonchev–Trinajstić information content (AvgIpc) is 3.10. The quantitative estimate of drug-likeness (QED) is 0.780. The first-order valence-electron chi connectivity index (χ1n) is 8.71. The van der Waals surface area contributed by atoms with Gasteiger partial charge in [0, 0.05) is 31.6 Å². The fraction of sp³-hybridized carbons (Fsp3) is 0.368. The summed E-state index contributed by atoms with van der Waals surface area (Å²) in [5, 5.41) is 0. The SMILES string of the molecule is COC1CCN(c2ccc(NS(=O)(=O)Cc3cccc(C(F)(F)F)c3)cc2)C1. The fourth-order valence-electron chi connectivity index (χ4n) is 3.17. The summed E-state index contributed by atoms with van der Waals surface area (Å²) in [4.78, 5) is 2.15. The van der Waals surface area contributed by atoms with Gasteiger partial charge in [0.15, 0.2) is 0 Å². The van der Waals surface area contributed by atoms with Crippen LogP contribution in [0.5, 0.6) is 0 Å². The van der Waals surface area contributed by atoms with Gasteiger partial charge in [-0.15, -0.1) is 0 Å². The van der Waals surface area contributed by atoms with Gasteiger partial charge in [0.25, 0.3) is 0 Å². The van der Waals surface area contributed by atoms with Crippen molar-refractivity contribution < 1.29 is 26.3 Å². The first-order chi connectivity index (χ1) is 13.2. The zero-order valence-electron chi connectivity index (χ0n) is 15.2. The van der Waals surface area contributed by atoms with Crippen LogP contribution in [0.1, 0.15) is 17.5 Å². The van der Waals surface area contributed by atoms with Crippen LogP contribution in [0.3, 0.4) is 0 Å². The highest BCUT2D eigenvalue weighted by molar-refractivity contribution is 7.91. The third-order valence-electron chi connectivity index (χ3n) is 4.60. The summed E-state index contributed by atoms with van der Waals surface area (Å²) in [5.74, 6) is -0.541. The molecule has 0 aliphatic carbocycles. The van der Waals surface area contributed by atoms with E-state index >= 15 is 0 Å². The molecule has 1 N–H and O–H groups in total. The smallest absolute Gasteiger partial charge is 0.380 e. The van der Waals surface area contributed by atoms with Gasteiger partial charge in [-0.1, -0.05) is 18.2 Å². The molecule has 1 unspecified atom stereocenters. The molecule has 2 aromatic carbocycles. The van der Waals surface area contributed by atoms with Gasteiger partial charge in [0.05, 0.1) is 17.4 Å². The van der Waals surface area contributed by atoms with E-state index in [1.807, 2.05) is 0 Å². The van der Waals surface area contributed by atoms with Crippen molar-refractivity contribution in [3.63, 3.8) is 0 Å². The van der Waals surface area contributed by atoms with Crippen LogP contribution in [0.15, 0.2) is 48.5 Å². The van der Waals surface area contributed by atoms with Gasteiger partial charge in [-0.05, 0) is 42.3 Å². The van der Waals surface area contributed by atoms with E-state index in [9.17, 15) is 21.6 Å². The van der Waals surface area contributed by atoms with Gasteiger partial charge >= 0.3 is 6.18 Å². The van der Waals surface area contributed by atoms with Gasteiger partial charge in [-0.25, -0.2) is 8.42 Å². The highest BCUT2D eigenvalue weighted by atomic mass is 32.2. The minimum Gasteiger partial charge on any atom is -0.380 e. The van der Waals surface area contributed by atoms with Crippen molar-refractivity contribution in [3.05, 3.63) is 59.7 Å². The topological polar surface area (TPSA) is 58.6 Å². The van der Waals surface area contributed by atoms with Gasteiger partial charge in [-0.3, -0.25) is 4.72 Å². The Bertz CT molecular complexity index is 915. The van der Waals surface area contributed by atoms with Crippen LogP contribution in [0.2, 0.25) is 0 Å². The number of nitrogens with zero attached hydrogens (tertiary/aromatic N) is 1. The summed E-state index contributed by atoms with van der Waals surface area (Å²) >= 11 is 0. The van der Waals surface area contributed by atoms with Crippen LogP contribution in [0, 0.1) is 0 Å². The Morgan fingerprint density at radius 3 is 2.50 bits per heavy atom. The van der Waals surface area contributed by atoms with Crippen molar-refractivity contribution in [2.45, 2.75) is 24.5 Å². The number of hydrogen-bond donors (Lipinski definition) is 1. The van der Waals surface area contributed by atoms with E-state index in [0.29, 0.717) is 5.69 Å². The highest BCUT2D eigenvalue weighted by Gasteiger charge is 2.30. The number of sulfonamides is 1. The van der Waals surface area contributed by atoms with Crippen LogP contribution in [-0.4, -0.2) is 34.7 Å². The molecule has 1 heterocycles. The van der Waals surface area contributed by atoms with E-state index in [2.05, 4.69) is 9.62 Å². The van der Waals surface area contributed by atoms with Crippen molar-refractivity contribution in [3.8, 4) is 0 Å².